The Balaban J connectivity index is 0.000000411. The first kappa shape index (κ1) is 16.4. The van der Waals surface area contributed by atoms with Crippen LogP contribution in [0.3, 0.4) is 0 Å². The van der Waals surface area contributed by atoms with Gasteiger partial charge in [-0.2, -0.15) is 0 Å². The van der Waals surface area contributed by atoms with Gasteiger partial charge in [-0.05, 0) is 25.5 Å². The van der Waals surface area contributed by atoms with Crippen LogP contribution in [-0.4, -0.2) is 20.3 Å². The Hall–Kier alpha value is -1.58. The first-order valence-corrected chi connectivity index (χ1v) is 5.81. The molecule has 0 fully saturated rings. The predicted molar refractivity (Wildman–Crippen MR) is 74.6 cm³/mol. The number of benzene rings is 1. The number of rotatable bonds is 7. The minimum atomic E-state index is 0.455. The standard InChI is InChI=1S/C11H14O.C4H8O2/c1-3-4-9-12-11-7-5-10(2)6-8-11;1-3-4-6-5-2/h3,5-8H,1,4,9H2,2H3;3H,1,4H2,2H3. The summed E-state index contributed by atoms with van der Waals surface area (Å²) in [6.07, 6.45) is 4.37. The molecule has 0 atom stereocenters. The van der Waals surface area contributed by atoms with Gasteiger partial charge in [-0.25, -0.2) is 9.78 Å². The van der Waals surface area contributed by atoms with E-state index in [1.807, 2.05) is 30.3 Å². The molecule has 18 heavy (non-hydrogen) atoms. The van der Waals surface area contributed by atoms with Crippen molar-refractivity contribution in [2.75, 3.05) is 20.3 Å². The quantitative estimate of drug-likeness (QED) is 0.319. The van der Waals surface area contributed by atoms with Crippen LogP contribution in [0, 0.1) is 6.92 Å². The normalized spacial score (nSPS) is 9.00. The molecule has 0 heterocycles. The van der Waals surface area contributed by atoms with Crippen LogP contribution in [0.15, 0.2) is 49.6 Å². The third-order valence-corrected chi connectivity index (χ3v) is 1.92. The van der Waals surface area contributed by atoms with Crippen molar-refractivity contribution in [1.82, 2.24) is 0 Å². The SMILES string of the molecule is C=CCCOc1ccc(C)cc1.C=CCOOC. The molecule has 0 aliphatic carbocycles. The molecule has 1 aromatic rings. The summed E-state index contributed by atoms with van der Waals surface area (Å²) in [5, 5.41) is 0. The summed E-state index contributed by atoms with van der Waals surface area (Å²) in [5.41, 5.74) is 1.26. The molecule has 3 heteroatoms. The Morgan fingerprint density at radius 2 is 1.78 bits per heavy atom. The van der Waals surface area contributed by atoms with Crippen molar-refractivity contribution < 1.29 is 14.5 Å². The topological polar surface area (TPSA) is 27.7 Å². The van der Waals surface area contributed by atoms with Gasteiger partial charge in [0.25, 0.3) is 0 Å². The molecule has 100 valence electrons. The lowest BCUT2D eigenvalue weighted by molar-refractivity contribution is -0.263. The van der Waals surface area contributed by atoms with E-state index in [1.165, 1.54) is 12.7 Å². The van der Waals surface area contributed by atoms with Crippen molar-refractivity contribution in [2.45, 2.75) is 13.3 Å². The second-order valence-electron chi connectivity index (χ2n) is 3.48. The van der Waals surface area contributed by atoms with Crippen molar-refractivity contribution in [1.29, 1.82) is 0 Å². The summed E-state index contributed by atoms with van der Waals surface area (Å²) in [5.74, 6) is 0.933. The molecule has 0 N–H and O–H groups in total. The van der Waals surface area contributed by atoms with Crippen LogP contribution in [0.5, 0.6) is 5.75 Å². The van der Waals surface area contributed by atoms with E-state index in [1.54, 1.807) is 6.08 Å². The molecule has 0 aliphatic rings. The van der Waals surface area contributed by atoms with Crippen LogP contribution in [0.4, 0.5) is 0 Å². The first-order chi connectivity index (χ1) is 8.74. The van der Waals surface area contributed by atoms with Gasteiger partial charge in [0, 0.05) is 0 Å². The van der Waals surface area contributed by atoms with Gasteiger partial charge in [-0.1, -0.05) is 29.8 Å². The highest BCUT2D eigenvalue weighted by atomic mass is 17.2. The fourth-order valence-corrected chi connectivity index (χ4v) is 1.01. The van der Waals surface area contributed by atoms with Crippen LogP contribution in [0.2, 0.25) is 0 Å². The molecule has 0 amide bonds. The van der Waals surface area contributed by atoms with Gasteiger partial charge < -0.3 is 4.74 Å². The molecular formula is C15H22O3. The lowest BCUT2D eigenvalue weighted by atomic mass is 10.2. The molecule has 3 nitrogen and oxygen atoms in total. The number of hydrogen-bond acceptors (Lipinski definition) is 3. The van der Waals surface area contributed by atoms with Crippen LogP contribution >= 0.6 is 0 Å². The van der Waals surface area contributed by atoms with E-state index in [4.69, 9.17) is 4.74 Å². The van der Waals surface area contributed by atoms with Gasteiger partial charge in [-0.3, -0.25) is 0 Å². The van der Waals surface area contributed by atoms with E-state index in [2.05, 4.69) is 29.9 Å². The minimum absolute atomic E-state index is 0.455. The summed E-state index contributed by atoms with van der Waals surface area (Å²) < 4.78 is 5.43. The summed E-state index contributed by atoms with van der Waals surface area (Å²) >= 11 is 0. The van der Waals surface area contributed by atoms with E-state index in [0.717, 1.165) is 12.2 Å². The fraction of sp³-hybridized carbons (Fsp3) is 0.333. The second-order valence-corrected chi connectivity index (χ2v) is 3.48. The number of hydrogen-bond donors (Lipinski definition) is 0. The monoisotopic (exact) mass is 250 g/mol. The maximum absolute atomic E-state index is 5.43. The highest BCUT2D eigenvalue weighted by molar-refractivity contribution is 5.26. The minimum Gasteiger partial charge on any atom is -0.493 e. The lowest BCUT2D eigenvalue weighted by Crippen LogP contribution is -1.94. The van der Waals surface area contributed by atoms with Crippen molar-refractivity contribution in [2.24, 2.45) is 0 Å². The molecule has 0 bridgehead atoms. The van der Waals surface area contributed by atoms with E-state index >= 15 is 0 Å². The maximum atomic E-state index is 5.43. The van der Waals surface area contributed by atoms with Gasteiger partial charge >= 0.3 is 0 Å². The summed E-state index contributed by atoms with van der Waals surface area (Å²) in [4.78, 5) is 8.58. The molecule has 1 rings (SSSR count). The molecule has 0 aliphatic heterocycles. The van der Waals surface area contributed by atoms with Crippen LogP contribution in [0.1, 0.15) is 12.0 Å². The maximum Gasteiger partial charge on any atom is 0.119 e. The van der Waals surface area contributed by atoms with E-state index < -0.39 is 0 Å². The average Bonchev–Trinajstić information content (AvgIpc) is 2.40. The van der Waals surface area contributed by atoms with Crippen molar-refractivity contribution in [3.8, 4) is 5.75 Å². The third kappa shape index (κ3) is 9.63. The Morgan fingerprint density at radius 3 is 2.22 bits per heavy atom. The first-order valence-electron chi connectivity index (χ1n) is 5.81. The van der Waals surface area contributed by atoms with Crippen molar-refractivity contribution in [3.63, 3.8) is 0 Å². The summed E-state index contributed by atoms with van der Waals surface area (Å²) in [6, 6.07) is 8.06. The molecule has 0 saturated heterocycles. The van der Waals surface area contributed by atoms with Crippen molar-refractivity contribution >= 4 is 0 Å². The average molecular weight is 250 g/mol. The van der Waals surface area contributed by atoms with E-state index in [9.17, 15) is 0 Å². The lowest BCUT2D eigenvalue weighted by Gasteiger charge is -2.03. The highest BCUT2D eigenvalue weighted by Crippen LogP contribution is 2.11. The molecule has 0 spiro atoms. The third-order valence-electron chi connectivity index (χ3n) is 1.92. The summed E-state index contributed by atoms with van der Waals surface area (Å²) in [7, 11) is 1.46. The molecule has 0 radical (unpaired) electrons. The number of ether oxygens (including phenoxy) is 1. The smallest absolute Gasteiger partial charge is 0.119 e. The van der Waals surface area contributed by atoms with Crippen LogP contribution in [0.25, 0.3) is 0 Å². The Labute approximate surface area is 110 Å². The Morgan fingerprint density at radius 1 is 1.11 bits per heavy atom. The van der Waals surface area contributed by atoms with Gasteiger partial charge in [0.05, 0.1) is 13.7 Å². The molecular weight excluding hydrogens is 228 g/mol. The molecule has 1 aromatic carbocycles. The van der Waals surface area contributed by atoms with E-state index in [0.29, 0.717) is 13.2 Å². The zero-order valence-corrected chi connectivity index (χ0v) is 11.2. The zero-order chi connectivity index (χ0) is 13.6. The van der Waals surface area contributed by atoms with Gasteiger partial charge in [0.1, 0.15) is 12.4 Å². The van der Waals surface area contributed by atoms with Gasteiger partial charge in [-0.15, -0.1) is 13.2 Å². The van der Waals surface area contributed by atoms with Crippen LogP contribution in [-0.2, 0) is 9.78 Å². The summed E-state index contributed by atoms with van der Waals surface area (Å²) in [6.45, 7) is 10.3. The van der Waals surface area contributed by atoms with Crippen molar-refractivity contribution in [3.05, 3.63) is 55.1 Å². The largest absolute Gasteiger partial charge is 0.493 e. The van der Waals surface area contributed by atoms with E-state index in [-0.39, 0.29) is 0 Å². The Kier molecular flexibility index (Phi) is 10.8. The Bertz CT molecular complexity index is 317. The highest BCUT2D eigenvalue weighted by Gasteiger charge is 1.90. The van der Waals surface area contributed by atoms with Gasteiger partial charge in [0.2, 0.25) is 0 Å². The zero-order valence-electron chi connectivity index (χ0n) is 11.2. The second kappa shape index (κ2) is 11.9. The molecule has 0 saturated carbocycles. The number of aryl methyl sites for hydroxylation is 1. The fourth-order valence-electron chi connectivity index (χ4n) is 1.01. The predicted octanol–water partition coefficient (Wildman–Crippen LogP) is 3.70. The molecule has 0 aromatic heterocycles. The van der Waals surface area contributed by atoms with Gasteiger partial charge in [0.15, 0.2) is 0 Å². The van der Waals surface area contributed by atoms with Crippen LogP contribution < -0.4 is 4.74 Å². The molecule has 0 unspecified atom stereocenters.